The normalized spacial score (nSPS) is 11.4. The number of hydrogen-bond acceptors (Lipinski definition) is 4. The highest BCUT2D eigenvalue weighted by Gasteiger charge is 2.17. The summed E-state index contributed by atoms with van der Waals surface area (Å²) in [5.74, 6) is 1.12. The average Bonchev–Trinajstić information content (AvgIpc) is 3.25. The molecule has 5 rings (SSSR count). The van der Waals surface area contributed by atoms with E-state index in [-0.39, 0.29) is 0 Å². The van der Waals surface area contributed by atoms with Crippen LogP contribution in [0.15, 0.2) is 80.0 Å². The molecule has 0 spiro atoms. The molecular formula is C20H11BrN2O2. The van der Waals surface area contributed by atoms with Gasteiger partial charge in [0.25, 0.3) is 0 Å². The van der Waals surface area contributed by atoms with E-state index >= 15 is 0 Å². The molecule has 25 heavy (non-hydrogen) atoms. The van der Waals surface area contributed by atoms with Gasteiger partial charge in [0, 0.05) is 4.47 Å². The van der Waals surface area contributed by atoms with Gasteiger partial charge in [-0.2, -0.15) is 0 Å². The summed E-state index contributed by atoms with van der Waals surface area (Å²) in [7, 11) is 0. The van der Waals surface area contributed by atoms with Crippen LogP contribution in [0.2, 0.25) is 0 Å². The molecule has 3 aromatic carbocycles. The highest BCUT2D eigenvalue weighted by atomic mass is 79.9. The second-order valence-electron chi connectivity index (χ2n) is 5.64. The Morgan fingerprint density at radius 2 is 1.08 bits per heavy atom. The van der Waals surface area contributed by atoms with Crippen LogP contribution >= 0.6 is 15.9 Å². The zero-order valence-electron chi connectivity index (χ0n) is 12.9. The minimum Gasteiger partial charge on any atom is -0.436 e. The van der Waals surface area contributed by atoms with Crippen molar-refractivity contribution in [2.45, 2.75) is 0 Å². The number of benzene rings is 3. The predicted molar refractivity (Wildman–Crippen MR) is 100 cm³/mol. The third kappa shape index (κ3) is 2.36. The van der Waals surface area contributed by atoms with E-state index in [2.05, 4.69) is 25.9 Å². The number of rotatable bonds is 2. The molecule has 2 heterocycles. The van der Waals surface area contributed by atoms with Gasteiger partial charge < -0.3 is 8.83 Å². The fourth-order valence-corrected chi connectivity index (χ4v) is 3.44. The van der Waals surface area contributed by atoms with E-state index in [0.29, 0.717) is 11.8 Å². The quantitative estimate of drug-likeness (QED) is 0.367. The van der Waals surface area contributed by atoms with Crippen molar-refractivity contribution < 1.29 is 8.83 Å². The summed E-state index contributed by atoms with van der Waals surface area (Å²) >= 11 is 3.67. The number of oxazole rings is 2. The molecule has 5 aromatic rings. The van der Waals surface area contributed by atoms with E-state index in [4.69, 9.17) is 8.83 Å². The van der Waals surface area contributed by atoms with E-state index in [9.17, 15) is 0 Å². The maximum absolute atomic E-state index is 5.89. The van der Waals surface area contributed by atoms with Crippen LogP contribution in [0.25, 0.3) is 45.1 Å². The van der Waals surface area contributed by atoms with Crippen molar-refractivity contribution in [2.75, 3.05) is 0 Å². The molecule has 120 valence electrons. The van der Waals surface area contributed by atoms with Gasteiger partial charge in [-0.1, -0.05) is 30.3 Å². The number of fused-ring (bicyclic) bond motifs is 2. The van der Waals surface area contributed by atoms with E-state index < -0.39 is 0 Å². The smallest absolute Gasteiger partial charge is 0.228 e. The molecule has 4 nitrogen and oxygen atoms in total. The lowest BCUT2D eigenvalue weighted by Crippen LogP contribution is -1.85. The Hall–Kier alpha value is -2.92. The van der Waals surface area contributed by atoms with Gasteiger partial charge in [0.05, 0.1) is 11.1 Å². The van der Waals surface area contributed by atoms with Gasteiger partial charge in [0.2, 0.25) is 11.8 Å². The van der Waals surface area contributed by atoms with Gasteiger partial charge in [0.15, 0.2) is 11.2 Å². The number of nitrogens with zero attached hydrogens (tertiary/aromatic N) is 2. The Balaban J connectivity index is 1.68. The first-order valence-corrected chi connectivity index (χ1v) is 8.59. The van der Waals surface area contributed by atoms with E-state index in [1.54, 1.807) is 0 Å². The molecule has 0 saturated heterocycles. The minimum atomic E-state index is 0.561. The Kier molecular flexibility index (Phi) is 3.21. The largest absolute Gasteiger partial charge is 0.436 e. The lowest BCUT2D eigenvalue weighted by atomic mass is 10.1. The first-order valence-electron chi connectivity index (χ1n) is 7.80. The molecule has 5 heteroatoms. The van der Waals surface area contributed by atoms with E-state index in [0.717, 1.165) is 37.8 Å². The van der Waals surface area contributed by atoms with Gasteiger partial charge in [-0.3, -0.25) is 0 Å². The molecule has 0 saturated carbocycles. The van der Waals surface area contributed by atoms with Crippen molar-refractivity contribution in [3.8, 4) is 22.9 Å². The number of aromatic nitrogens is 2. The number of hydrogen-bond donors (Lipinski definition) is 0. The van der Waals surface area contributed by atoms with Crippen LogP contribution in [0.5, 0.6) is 0 Å². The topological polar surface area (TPSA) is 52.1 Å². The van der Waals surface area contributed by atoms with Gasteiger partial charge in [-0.15, -0.1) is 0 Å². The van der Waals surface area contributed by atoms with E-state index in [1.165, 1.54) is 0 Å². The third-order valence-corrected chi connectivity index (χ3v) is 4.90. The third-order valence-electron chi connectivity index (χ3n) is 4.05. The Labute approximate surface area is 151 Å². The SMILES string of the molecule is Brc1c(-c2nc3ccccc3o2)cccc1-c1nc2ccccc2o1. The zero-order chi connectivity index (χ0) is 16.8. The second-order valence-corrected chi connectivity index (χ2v) is 6.43. The molecule has 0 atom stereocenters. The van der Waals surface area contributed by atoms with Crippen LogP contribution in [0.4, 0.5) is 0 Å². The lowest BCUT2D eigenvalue weighted by Gasteiger charge is -2.04. The van der Waals surface area contributed by atoms with Gasteiger partial charge in [-0.25, -0.2) is 9.97 Å². The van der Waals surface area contributed by atoms with Crippen LogP contribution in [-0.2, 0) is 0 Å². The van der Waals surface area contributed by atoms with Crippen molar-refractivity contribution in [1.29, 1.82) is 0 Å². The van der Waals surface area contributed by atoms with Crippen LogP contribution in [0.3, 0.4) is 0 Å². The average molecular weight is 391 g/mol. The summed E-state index contributed by atoms with van der Waals surface area (Å²) in [5, 5.41) is 0. The van der Waals surface area contributed by atoms with Crippen molar-refractivity contribution >= 4 is 38.1 Å². The second kappa shape index (κ2) is 5.57. The van der Waals surface area contributed by atoms with Crippen molar-refractivity contribution in [3.05, 3.63) is 71.2 Å². The molecule has 0 aliphatic carbocycles. The van der Waals surface area contributed by atoms with Gasteiger partial charge in [0.1, 0.15) is 11.0 Å². The molecular weight excluding hydrogens is 380 g/mol. The molecule has 0 N–H and O–H groups in total. The standard InChI is InChI=1S/C20H11BrN2O2/c21-18-12(19-22-14-8-1-3-10-16(14)24-19)6-5-7-13(18)20-23-15-9-2-4-11-17(15)25-20/h1-11H. The van der Waals surface area contributed by atoms with Crippen LogP contribution in [0.1, 0.15) is 0 Å². The summed E-state index contributed by atoms with van der Waals surface area (Å²) in [4.78, 5) is 9.15. The van der Waals surface area contributed by atoms with Crippen LogP contribution in [-0.4, -0.2) is 9.97 Å². The van der Waals surface area contributed by atoms with Crippen molar-refractivity contribution in [2.24, 2.45) is 0 Å². The molecule has 0 amide bonds. The first-order chi connectivity index (χ1) is 12.3. The van der Waals surface area contributed by atoms with Gasteiger partial charge in [-0.05, 0) is 52.3 Å². The molecule has 0 aliphatic heterocycles. The maximum Gasteiger partial charge on any atom is 0.228 e. The van der Waals surface area contributed by atoms with Gasteiger partial charge >= 0.3 is 0 Å². The van der Waals surface area contributed by atoms with E-state index in [1.807, 2.05) is 66.7 Å². The summed E-state index contributed by atoms with van der Waals surface area (Å²) in [6.45, 7) is 0. The fourth-order valence-electron chi connectivity index (χ4n) is 2.84. The van der Waals surface area contributed by atoms with Crippen LogP contribution < -0.4 is 0 Å². The Morgan fingerprint density at radius 3 is 1.56 bits per heavy atom. The maximum atomic E-state index is 5.89. The lowest BCUT2D eigenvalue weighted by molar-refractivity contribution is 0.616. The highest BCUT2D eigenvalue weighted by Crippen LogP contribution is 2.37. The summed E-state index contributed by atoms with van der Waals surface area (Å²) in [6.07, 6.45) is 0. The molecule has 0 bridgehead atoms. The molecule has 2 aromatic heterocycles. The molecule has 0 unspecified atom stereocenters. The zero-order valence-corrected chi connectivity index (χ0v) is 14.5. The van der Waals surface area contributed by atoms with Crippen molar-refractivity contribution in [1.82, 2.24) is 9.97 Å². The Bertz CT molecular complexity index is 1060. The fraction of sp³-hybridized carbons (Fsp3) is 0. The Morgan fingerprint density at radius 1 is 0.600 bits per heavy atom. The highest BCUT2D eigenvalue weighted by molar-refractivity contribution is 9.10. The number of para-hydroxylation sites is 4. The first kappa shape index (κ1) is 14.4. The molecule has 0 fully saturated rings. The van der Waals surface area contributed by atoms with Crippen molar-refractivity contribution in [3.63, 3.8) is 0 Å². The molecule has 0 aliphatic rings. The molecule has 0 radical (unpaired) electrons. The van der Waals surface area contributed by atoms with Crippen LogP contribution in [0, 0.1) is 0 Å². The summed E-state index contributed by atoms with van der Waals surface area (Å²) < 4.78 is 12.6. The number of halogens is 1. The monoisotopic (exact) mass is 390 g/mol. The summed E-state index contributed by atoms with van der Waals surface area (Å²) in [5.41, 5.74) is 4.90. The minimum absolute atomic E-state index is 0.561. The predicted octanol–water partition coefficient (Wildman–Crippen LogP) is 6.07. The summed E-state index contributed by atoms with van der Waals surface area (Å²) in [6, 6.07) is 21.3.